The highest BCUT2D eigenvalue weighted by molar-refractivity contribution is 6.16. The number of hydrogen-bond acceptors (Lipinski definition) is 4. The van der Waals surface area contributed by atoms with Gasteiger partial charge in [0.2, 0.25) is 5.95 Å². The predicted octanol–water partition coefficient (Wildman–Crippen LogP) is 14.6. The van der Waals surface area contributed by atoms with Gasteiger partial charge in [-0.3, -0.25) is 4.57 Å². The van der Waals surface area contributed by atoms with E-state index < -0.39 is 0 Å². The lowest BCUT2D eigenvalue weighted by molar-refractivity contribution is 0.669. The van der Waals surface area contributed by atoms with Crippen molar-refractivity contribution in [3.8, 4) is 56.7 Å². The van der Waals surface area contributed by atoms with Crippen molar-refractivity contribution in [3.63, 3.8) is 0 Å². The van der Waals surface area contributed by atoms with E-state index in [-0.39, 0.29) is 0 Å². The maximum absolute atomic E-state index is 6.57. The number of nitrogens with zero attached hydrogens (tertiary/aromatic N) is 5. The van der Waals surface area contributed by atoms with Gasteiger partial charge in [0.15, 0.2) is 11.6 Å². The number of rotatable bonds is 6. The van der Waals surface area contributed by atoms with Crippen LogP contribution in [0.15, 0.2) is 217 Å². The maximum atomic E-state index is 6.57. The van der Waals surface area contributed by atoms with Crippen molar-refractivity contribution in [2.75, 3.05) is 0 Å². The molecule has 0 amide bonds. The summed E-state index contributed by atoms with van der Waals surface area (Å²) >= 11 is 0. The number of furan rings is 1. The Hall–Kier alpha value is -8.61. The minimum Gasteiger partial charge on any atom is -0.456 e. The first kappa shape index (κ1) is 35.2. The molecule has 4 heterocycles. The molecule has 6 nitrogen and oxygen atoms in total. The molecule has 13 aromatic rings. The van der Waals surface area contributed by atoms with Crippen molar-refractivity contribution in [1.29, 1.82) is 0 Å². The van der Waals surface area contributed by atoms with Gasteiger partial charge >= 0.3 is 0 Å². The normalized spacial score (nSPS) is 11.8. The third-order valence-electron chi connectivity index (χ3n) is 12.4. The number of hydrogen-bond donors (Lipinski definition) is 0. The summed E-state index contributed by atoms with van der Waals surface area (Å²) < 4.78 is 11.1. The summed E-state index contributed by atoms with van der Waals surface area (Å²) in [7, 11) is 0. The largest absolute Gasteiger partial charge is 0.456 e. The quantitative estimate of drug-likeness (QED) is 0.168. The van der Waals surface area contributed by atoms with Crippen LogP contribution in [0.5, 0.6) is 0 Å². The van der Waals surface area contributed by atoms with Crippen molar-refractivity contribution in [2.24, 2.45) is 0 Å². The van der Waals surface area contributed by atoms with Crippen molar-refractivity contribution in [2.45, 2.75) is 0 Å². The summed E-state index contributed by atoms with van der Waals surface area (Å²) in [5, 5.41) is 6.86. The van der Waals surface area contributed by atoms with E-state index in [1.807, 2.05) is 60.7 Å². The van der Waals surface area contributed by atoms with Crippen molar-refractivity contribution >= 4 is 65.6 Å². The zero-order valence-corrected chi connectivity index (χ0v) is 33.9. The lowest BCUT2D eigenvalue weighted by Gasteiger charge is -2.11. The lowest BCUT2D eigenvalue weighted by Crippen LogP contribution is -2.06. The van der Waals surface area contributed by atoms with Crippen LogP contribution in [-0.4, -0.2) is 24.1 Å². The molecule has 6 heteroatoms. The molecule has 0 atom stereocenters. The van der Waals surface area contributed by atoms with Crippen LogP contribution in [0.2, 0.25) is 0 Å². The van der Waals surface area contributed by atoms with Gasteiger partial charge in [-0.25, -0.2) is 4.98 Å². The van der Waals surface area contributed by atoms with Crippen molar-refractivity contribution in [1.82, 2.24) is 24.1 Å². The molecule has 4 aromatic heterocycles. The van der Waals surface area contributed by atoms with Gasteiger partial charge in [-0.15, -0.1) is 0 Å². The summed E-state index contributed by atoms with van der Waals surface area (Å²) in [5.74, 6) is 1.82. The number of fused-ring (bicyclic) bond motifs is 9. The third-order valence-corrected chi connectivity index (χ3v) is 12.4. The van der Waals surface area contributed by atoms with Gasteiger partial charge in [0.1, 0.15) is 11.2 Å². The topological polar surface area (TPSA) is 61.7 Å². The Morgan fingerprint density at radius 3 is 1.49 bits per heavy atom. The van der Waals surface area contributed by atoms with Gasteiger partial charge in [0.25, 0.3) is 0 Å². The Morgan fingerprint density at radius 2 is 0.825 bits per heavy atom. The fraction of sp³-hybridized carbons (Fsp3) is 0. The van der Waals surface area contributed by atoms with E-state index in [0.717, 1.165) is 82.8 Å². The molecule has 0 spiro atoms. The second-order valence-corrected chi connectivity index (χ2v) is 16.0. The zero-order valence-electron chi connectivity index (χ0n) is 33.9. The molecule has 0 radical (unpaired) electrons. The van der Waals surface area contributed by atoms with Crippen LogP contribution in [0.25, 0.3) is 122 Å². The molecule has 0 fully saturated rings. The van der Waals surface area contributed by atoms with Crippen LogP contribution in [0.4, 0.5) is 0 Å². The number of benzene rings is 9. The first-order valence-corrected chi connectivity index (χ1v) is 21.2. The van der Waals surface area contributed by atoms with E-state index in [1.54, 1.807) is 0 Å². The molecule has 0 aliphatic carbocycles. The van der Waals surface area contributed by atoms with Crippen molar-refractivity contribution in [3.05, 3.63) is 212 Å². The van der Waals surface area contributed by atoms with E-state index in [0.29, 0.717) is 17.6 Å². The van der Waals surface area contributed by atoms with Crippen LogP contribution >= 0.6 is 0 Å². The smallest absolute Gasteiger partial charge is 0.238 e. The number of aromatic nitrogens is 5. The second-order valence-electron chi connectivity index (χ2n) is 16.0. The van der Waals surface area contributed by atoms with Gasteiger partial charge in [-0.2, -0.15) is 9.97 Å². The van der Waals surface area contributed by atoms with E-state index >= 15 is 0 Å². The summed E-state index contributed by atoms with van der Waals surface area (Å²) in [6.07, 6.45) is 0. The number of para-hydroxylation sites is 3. The van der Waals surface area contributed by atoms with Crippen LogP contribution in [0.1, 0.15) is 0 Å². The maximum Gasteiger partial charge on any atom is 0.238 e. The van der Waals surface area contributed by atoms with Gasteiger partial charge in [-0.1, -0.05) is 146 Å². The Morgan fingerprint density at radius 1 is 0.317 bits per heavy atom. The average molecular weight is 806 g/mol. The molecule has 0 aliphatic heterocycles. The zero-order chi connectivity index (χ0) is 41.4. The third kappa shape index (κ3) is 5.62. The molecular weight excluding hydrogens is 771 g/mol. The minimum absolute atomic E-state index is 0.569. The summed E-state index contributed by atoms with van der Waals surface area (Å²) in [6, 6.07) is 74.5. The van der Waals surface area contributed by atoms with Crippen LogP contribution in [-0.2, 0) is 0 Å². The molecule has 294 valence electrons. The van der Waals surface area contributed by atoms with Gasteiger partial charge in [0.05, 0.1) is 22.1 Å². The monoisotopic (exact) mass is 805 g/mol. The molecule has 0 saturated heterocycles. The van der Waals surface area contributed by atoms with Crippen LogP contribution < -0.4 is 0 Å². The fourth-order valence-electron chi connectivity index (χ4n) is 9.51. The summed E-state index contributed by atoms with van der Waals surface area (Å²) in [5.41, 5.74) is 13.7. The molecule has 0 saturated carbocycles. The second kappa shape index (κ2) is 14.0. The predicted molar refractivity (Wildman–Crippen MR) is 258 cm³/mol. The van der Waals surface area contributed by atoms with Crippen LogP contribution in [0.3, 0.4) is 0 Å². The first-order chi connectivity index (χ1) is 31.2. The molecule has 63 heavy (non-hydrogen) atoms. The van der Waals surface area contributed by atoms with Gasteiger partial charge < -0.3 is 8.98 Å². The van der Waals surface area contributed by atoms with E-state index in [1.165, 1.54) is 21.8 Å². The fourth-order valence-corrected chi connectivity index (χ4v) is 9.51. The molecular formula is C57H35N5O. The lowest BCUT2D eigenvalue weighted by atomic mass is 9.96. The standard InChI is InChI=1S/C57H35N5O/c1-4-15-36(16-5-1)55-58-56(37-17-6-2-7-18-37)60-57(59-55)62-49-25-13-11-22-44(49)46-35-40(28-31-51(46)62)42-23-14-26-53-54(42)47-34-39(29-32-52(47)63-53)38-27-30-50-45(33-38)43-21-10-12-24-48(43)61(50)41-19-8-3-9-20-41/h1-35H. The molecule has 13 rings (SSSR count). The summed E-state index contributed by atoms with van der Waals surface area (Å²) in [6.45, 7) is 0. The molecule has 0 N–H and O–H groups in total. The first-order valence-electron chi connectivity index (χ1n) is 21.2. The summed E-state index contributed by atoms with van der Waals surface area (Å²) in [4.78, 5) is 15.2. The molecule has 0 unspecified atom stereocenters. The average Bonchev–Trinajstić information content (AvgIpc) is 4.02. The minimum atomic E-state index is 0.569. The highest BCUT2D eigenvalue weighted by Gasteiger charge is 2.20. The van der Waals surface area contributed by atoms with Crippen LogP contribution in [0, 0.1) is 0 Å². The Balaban J connectivity index is 0.968. The Labute approximate surface area is 361 Å². The van der Waals surface area contributed by atoms with E-state index in [4.69, 9.17) is 19.4 Å². The highest BCUT2D eigenvalue weighted by atomic mass is 16.3. The van der Waals surface area contributed by atoms with E-state index in [9.17, 15) is 0 Å². The Bertz CT molecular complexity index is 3850. The van der Waals surface area contributed by atoms with E-state index in [2.05, 4.69) is 161 Å². The Kier molecular flexibility index (Phi) is 7.80. The van der Waals surface area contributed by atoms with Crippen molar-refractivity contribution < 1.29 is 4.42 Å². The molecule has 0 bridgehead atoms. The molecule has 9 aromatic carbocycles. The van der Waals surface area contributed by atoms with Gasteiger partial charge in [-0.05, 0) is 89.0 Å². The highest BCUT2D eigenvalue weighted by Crippen LogP contribution is 2.42. The molecule has 0 aliphatic rings. The SMILES string of the molecule is c1ccc(-c2nc(-c3ccccc3)nc(-n3c4ccccc4c4cc(-c5cccc6oc7ccc(-c8ccc9c(c8)c8ccccc8n9-c8ccccc8)cc7c56)ccc43)n2)cc1. The van der Waals surface area contributed by atoms with Gasteiger partial charge in [0, 0.05) is 49.1 Å².